The fourth-order valence-electron chi connectivity index (χ4n) is 2.23. The molecule has 0 bridgehead atoms. The molecule has 0 aliphatic carbocycles. The van der Waals surface area contributed by atoms with E-state index in [1.807, 2.05) is 38.1 Å². The van der Waals surface area contributed by atoms with Crippen molar-refractivity contribution in [2.24, 2.45) is 0 Å². The van der Waals surface area contributed by atoms with Crippen molar-refractivity contribution < 1.29 is 19.1 Å². The molecule has 0 aromatic heterocycles. The number of rotatable bonds is 6. The van der Waals surface area contributed by atoms with Gasteiger partial charge in [-0.05, 0) is 43.2 Å². The molecular formula is C19H21NO4. The summed E-state index contributed by atoms with van der Waals surface area (Å²) in [6, 6.07) is 14.2. The summed E-state index contributed by atoms with van der Waals surface area (Å²) in [5.74, 6) is -0.0279. The Morgan fingerprint density at radius 2 is 1.88 bits per heavy atom. The summed E-state index contributed by atoms with van der Waals surface area (Å²) >= 11 is 0. The number of aryl methyl sites for hydroxylation is 1. The predicted molar refractivity (Wildman–Crippen MR) is 92.3 cm³/mol. The maximum atomic E-state index is 12.5. The Morgan fingerprint density at radius 3 is 2.54 bits per heavy atom. The highest BCUT2D eigenvalue weighted by molar-refractivity contribution is 5.96. The van der Waals surface area contributed by atoms with E-state index in [0.29, 0.717) is 23.4 Å². The molecular weight excluding hydrogens is 306 g/mol. The third-order valence-corrected chi connectivity index (χ3v) is 3.58. The quantitative estimate of drug-likeness (QED) is 0.824. The SMILES string of the molecule is CCC(Oc1ccccc1C)C(=O)Nc1cccc(C(=O)OC)c1. The van der Waals surface area contributed by atoms with Crippen LogP contribution in [0.3, 0.4) is 0 Å². The molecule has 1 amide bonds. The second kappa shape index (κ2) is 8.15. The van der Waals surface area contributed by atoms with E-state index in [1.165, 1.54) is 7.11 Å². The molecule has 0 fully saturated rings. The van der Waals surface area contributed by atoms with Gasteiger partial charge in [-0.25, -0.2) is 4.79 Å². The molecule has 0 heterocycles. The summed E-state index contributed by atoms with van der Waals surface area (Å²) in [4.78, 5) is 24.0. The molecule has 24 heavy (non-hydrogen) atoms. The lowest BCUT2D eigenvalue weighted by Crippen LogP contribution is -2.32. The van der Waals surface area contributed by atoms with E-state index >= 15 is 0 Å². The van der Waals surface area contributed by atoms with Crippen LogP contribution < -0.4 is 10.1 Å². The summed E-state index contributed by atoms with van der Waals surface area (Å²) in [5.41, 5.74) is 1.87. The molecule has 1 N–H and O–H groups in total. The zero-order valence-electron chi connectivity index (χ0n) is 14.0. The molecule has 2 aromatic carbocycles. The number of methoxy groups -OCH3 is 1. The first kappa shape index (κ1) is 17.5. The van der Waals surface area contributed by atoms with Crippen LogP contribution in [0.5, 0.6) is 5.75 Å². The van der Waals surface area contributed by atoms with Crippen LogP contribution in [0.15, 0.2) is 48.5 Å². The summed E-state index contributed by atoms with van der Waals surface area (Å²) in [7, 11) is 1.32. The summed E-state index contributed by atoms with van der Waals surface area (Å²) in [5, 5.41) is 2.78. The van der Waals surface area contributed by atoms with Gasteiger partial charge in [-0.3, -0.25) is 4.79 Å². The second-order valence-electron chi connectivity index (χ2n) is 5.34. The van der Waals surface area contributed by atoms with Gasteiger partial charge in [0.1, 0.15) is 5.75 Å². The third-order valence-electron chi connectivity index (χ3n) is 3.58. The Balaban J connectivity index is 2.09. The van der Waals surface area contributed by atoms with E-state index in [9.17, 15) is 9.59 Å². The number of ether oxygens (including phenoxy) is 2. The van der Waals surface area contributed by atoms with Gasteiger partial charge in [-0.1, -0.05) is 31.2 Å². The molecule has 5 heteroatoms. The molecule has 1 atom stereocenters. The number of carbonyl (C=O) groups is 2. The number of amides is 1. The largest absolute Gasteiger partial charge is 0.480 e. The van der Waals surface area contributed by atoms with Crippen LogP contribution in [0.1, 0.15) is 29.3 Å². The first-order valence-corrected chi connectivity index (χ1v) is 7.76. The monoisotopic (exact) mass is 327 g/mol. The van der Waals surface area contributed by atoms with Crippen molar-refractivity contribution in [1.29, 1.82) is 0 Å². The molecule has 126 valence electrons. The highest BCUT2D eigenvalue weighted by Crippen LogP contribution is 2.20. The smallest absolute Gasteiger partial charge is 0.337 e. The third kappa shape index (κ3) is 4.35. The van der Waals surface area contributed by atoms with Crippen molar-refractivity contribution in [1.82, 2.24) is 0 Å². The Kier molecular flexibility index (Phi) is 5.95. The Bertz CT molecular complexity index is 727. The molecule has 0 spiro atoms. The van der Waals surface area contributed by atoms with Crippen LogP contribution in [0.4, 0.5) is 5.69 Å². The highest BCUT2D eigenvalue weighted by Gasteiger charge is 2.19. The molecule has 0 aliphatic heterocycles. The van der Waals surface area contributed by atoms with Gasteiger partial charge in [-0.2, -0.15) is 0 Å². The number of para-hydroxylation sites is 1. The minimum absolute atomic E-state index is 0.261. The number of carbonyl (C=O) groups excluding carboxylic acids is 2. The lowest BCUT2D eigenvalue weighted by atomic mass is 10.2. The molecule has 5 nitrogen and oxygen atoms in total. The number of anilines is 1. The second-order valence-corrected chi connectivity index (χ2v) is 5.34. The van der Waals surface area contributed by atoms with E-state index in [2.05, 4.69) is 10.1 Å². The summed E-state index contributed by atoms with van der Waals surface area (Å²) in [6.07, 6.45) is -0.0930. The van der Waals surface area contributed by atoms with Gasteiger partial charge in [0.25, 0.3) is 5.91 Å². The molecule has 0 radical (unpaired) electrons. The lowest BCUT2D eigenvalue weighted by Gasteiger charge is -2.18. The first-order valence-electron chi connectivity index (χ1n) is 7.76. The minimum atomic E-state index is -0.618. The number of hydrogen-bond acceptors (Lipinski definition) is 4. The zero-order chi connectivity index (χ0) is 17.5. The van der Waals surface area contributed by atoms with Gasteiger partial charge in [0.2, 0.25) is 0 Å². The fraction of sp³-hybridized carbons (Fsp3) is 0.263. The van der Waals surface area contributed by atoms with Gasteiger partial charge < -0.3 is 14.8 Å². The molecule has 0 saturated heterocycles. The number of benzene rings is 2. The average molecular weight is 327 g/mol. The molecule has 0 aliphatic rings. The van der Waals surface area contributed by atoms with Crippen molar-refractivity contribution in [3.05, 3.63) is 59.7 Å². The lowest BCUT2D eigenvalue weighted by molar-refractivity contribution is -0.122. The van der Waals surface area contributed by atoms with Crippen LogP contribution in [-0.4, -0.2) is 25.1 Å². The zero-order valence-corrected chi connectivity index (χ0v) is 14.0. The maximum absolute atomic E-state index is 12.5. The van der Waals surface area contributed by atoms with Crippen molar-refractivity contribution in [2.45, 2.75) is 26.4 Å². The number of esters is 1. The van der Waals surface area contributed by atoms with Gasteiger partial charge in [-0.15, -0.1) is 0 Å². The Labute approximate surface area is 141 Å². The molecule has 0 saturated carbocycles. The fourth-order valence-corrected chi connectivity index (χ4v) is 2.23. The average Bonchev–Trinajstić information content (AvgIpc) is 2.60. The van der Waals surface area contributed by atoms with Crippen LogP contribution in [0.25, 0.3) is 0 Å². The predicted octanol–water partition coefficient (Wildman–Crippen LogP) is 3.58. The molecule has 2 rings (SSSR count). The maximum Gasteiger partial charge on any atom is 0.337 e. The number of nitrogens with one attached hydrogen (secondary N) is 1. The summed E-state index contributed by atoms with van der Waals surface area (Å²) in [6.45, 7) is 3.81. The highest BCUT2D eigenvalue weighted by atomic mass is 16.5. The van der Waals surface area contributed by atoms with Crippen molar-refractivity contribution in [3.63, 3.8) is 0 Å². The standard InChI is InChI=1S/C19H21NO4/c1-4-16(24-17-11-6-5-8-13(17)2)18(21)20-15-10-7-9-14(12-15)19(22)23-3/h5-12,16H,4H2,1-3H3,(H,20,21). The van der Waals surface area contributed by atoms with Crippen LogP contribution in [-0.2, 0) is 9.53 Å². The Morgan fingerprint density at radius 1 is 1.12 bits per heavy atom. The van der Waals surface area contributed by atoms with E-state index in [0.717, 1.165) is 5.56 Å². The molecule has 1 unspecified atom stereocenters. The van der Waals surface area contributed by atoms with Crippen LogP contribution >= 0.6 is 0 Å². The summed E-state index contributed by atoms with van der Waals surface area (Å²) < 4.78 is 10.5. The van der Waals surface area contributed by atoms with Crippen LogP contribution in [0, 0.1) is 6.92 Å². The van der Waals surface area contributed by atoms with Crippen molar-refractivity contribution in [3.8, 4) is 5.75 Å². The topological polar surface area (TPSA) is 64.6 Å². The van der Waals surface area contributed by atoms with Crippen LogP contribution in [0.2, 0.25) is 0 Å². The van der Waals surface area contributed by atoms with Gasteiger partial charge >= 0.3 is 5.97 Å². The normalized spacial score (nSPS) is 11.5. The van der Waals surface area contributed by atoms with E-state index < -0.39 is 12.1 Å². The van der Waals surface area contributed by atoms with Gasteiger partial charge in [0.15, 0.2) is 6.10 Å². The van der Waals surface area contributed by atoms with E-state index in [1.54, 1.807) is 24.3 Å². The first-order chi connectivity index (χ1) is 11.5. The number of hydrogen-bond donors (Lipinski definition) is 1. The van der Waals surface area contributed by atoms with Gasteiger partial charge in [0.05, 0.1) is 12.7 Å². The van der Waals surface area contributed by atoms with Crippen molar-refractivity contribution in [2.75, 3.05) is 12.4 Å². The molecule has 2 aromatic rings. The van der Waals surface area contributed by atoms with Crippen molar-refractivity contribution >= 4 is 17.6 Å². The Hall–Kier alpha value is -2.82. The van der Waals surface area contributed by atoms with Gasteiger partial charge in [0, 0.05) is 5.69 Å². The van der Waals surface area contributed by atoms with E-state index in [-0.39, 0.29) is 5.91 Å². The van der Waals surface area contributed by atoms with E-state index in [4.69, 9.17) is 4.74 Å². The minimum Gasteiger partial charge on any atom is -0.480 e.